The smallest absolute Gasteiger partial charge is 0.273 e. The number of nitrogens with zero attached hydrogens (tertiary/aromatic N) is 3. The first-order valence-corrected chi connectivity index (χ1v) is 11.3. The van der Waals surface area contributed by atoms with Gasteiger partial charge < -0.3 is 0 Å². The average molecular weight is 476 g/mol. The number of carbonyl (C=O) groups excluding carboxylic acids is 4. The van der Waals surface area contributed by atoms with Crippen molar-refractivity contribution < 1.29 is 24.1 Å². The first-order valence-electron chi connectivity index (χ1n) is 11.3. The average Bonchev–Trinajstić information content (AvgIpc) is 3.10. The van der Waals surface area contributed by atoms with Gasteiger partial charge in [-0.15, -0.1) is 0 Å². The molecule has 0 saturated carbocycles. The van der Waals surface area contributed by atoms with Gasteiger partial charge in [0, 0.05) is 23.3 Å². The summed E-state index contributed by atoms with van der Waals surface area (Å²) >= 11 is 0. The monoisotopic (exact) mass is 475 g/mol. The molecule has 180 valence electrons. The normalized spacial score (nSPS) is 22.0. The lowest BCUT2D eigenvalue weighted by Gasteiger charge is -2.34. The Morgan fingerprint density at radius 3 is 2.20 bits per heavy atom. The summed E-state index contributed by atoms with van der Waals surface area (Å²) in [6, 6.07) is 10.4. The molecular formula is C26H25N3O6. The Balaban J connectivity index is 1.76. The van der Waals surface area contributed by atoms with Crippen LogP contribution in [0.25, 0.3) is 0 Å². The maximum absolute atomic E-state index is 13.7. The van der Waals surface area contributed by atoms with Gasteiger partial charge in [-0.3, -0.25) is 29.3 Å². The zero-order valence-electron chi connectivity index (χ0n) is 19.6. The molecule has 1 aliphatic heterocycles. The maximum atomic E-state index is 13.7. The standard InChI is InChI=1S/C26H25N3O6/c1-15-7-9-18(10-8-15)23(30)17(3)27(24(31)19-11-13-20(14-12-19)29(34)35)28-25(32)21-6-4-5-16(2)22(21)26(28)33/h4-5,7-14,16-17,21-22H,6H2,1-3H3/t16-,17+,21-,22-/m1/s1. The summed E-state index contributed by atoms with van der Waals surface area (Å²) < 4.78 is 0. The molecule has 2 aromatic rings. The van der Waals surface area contributed by atoms with Gasteiger partial charge in [-0.2, -0.15) is 5.01 Å². The Morgan fingerprint density at radius 2 is 1.63 bits per heavy atom. The van der Waals surface area contributed by atoms with Crippen LogP contribution in [0.15, 0.2) is 60.7 Å². The molecule has 1 saturated heterocycles. The molecule has 3 amide bonds. The Labute approximate surface area is 202 Å². The van der Waals surface area contributed by atoms with Crippen molar-refractivity contribution in [3.63, 3.8) is 0 Å². The van der Waals surface area contributed by atoms with E-state index < -0.39 is 46.3 Å². The third-order valence-electron chi connectivity index (χ3n) is 6.68. The van der Waals surface area contributed by atoms with Crippen LogP contribution in [0.4, 0.5) is 5.69 Å². The van der Waals surface area contributed by atoms with Crippen LogP contribution in [0.1, 0.15) is 46.5 Å². The number of amides is 3. The number of hydrogen-bond acceptors (Lipinski definition) is 6. The molecule has 2 aromatic carbocycles. The number of benzene rings is 2. The van der Waals surface area contributed by atoms with Crippen LogP contribution in [0.2, 0.25) is 0 Å². The van der Waals surface area contributed by atoms with E-state index in [1.807, 2.05) is 26.0 Å². The zero-order chi connectivity index (χ0) is 25.4. The number of carbonyl (C=O) groups is 4. The van der Waals surface area contributed by atoms with Crippen molar-refractivity contribution in [2.24, 2.45) is 17.8 Å². The first-order chi connectivity index (χ1) is 16.6. The summed E-state index contributed by atoms with van der Waals surface area (Å²) in [7, 11) is 0. The van der Waals surface area contributed by atoms with Gasteiger partial charge in [-0.05, 0) is 38.3 Å². The largest absolute Gasteiger partial charge is 0.292 e. The van der Waals surface area contributed by atoms with Gasteiger partial charge in [-0.25, -0.2) is 5.01 Å². The molecule has 35 heavy (non-hydrogen) atoms. The van der Waals surface area contributed by atoms with E-state index >= 15 is 0 Å². The van der Waals surface area contributed by atoms with E-state index in [0.29, 0.717) is 12.0 Å². The van der Waals surface area contributed by atoms with Gasteiger partial charge >= 0.3 is 0 Å². The maximum Gasteiger partial charge on any atom is 0.273 e. The fraction of sp³-hybridized carbons (Fsp3) is 0.308. The van der Waals surface area contributed by atoms with Gasteiger partial charge in [-0.1, -0.05) is 48.9 Å². The molecule has 9 nitrogen and oxygen atoms in total. The fourth-order valence-electron chi connectivity index (χ4n) is 4.71. The predicted molar refractivity (Wildman–Crippen MR) is 126 cm³/mol. The number of hydrazine groups is 1. The van der Waals surface area contributed by atoms with Crippen LogP contribution < -0.4 is 0 Å². The van der Waals surface area contributed by atoms with E-state index in [1.54, 1.807) is 24.3 Å². The molecule has 1 heterocycles. The lowest BCUT2D eigenvalue weighted by Crippen LogP contribution is -2.56. The number of fused-ring (bicyclic) bond motifs is 1. The number of nitro groups is 1. The van der Waals surface area contributed by atoms with Gasteiger partial charge in [0.15, 0.2) is 5.78 Å². The van der Waals surface area contributed by atoms with E-state index in [0.717, 1.165) is 27.7 Å². The fourth-order valence-corrected chi connectivity index (χ4v) is 4.71. The molecular weight excluding hydrogens is 450 g/mol. The lowest BCUT2D eigenvalue weighted by molar-refractivity contribution is -0.384. The van der Waals surface area contributed by atoms with Crippen molar-refractivity contribution >= 4 is 29.2 Å². The van der Waals surface area contributed by atoms with Crippen LogP contribution in [0.5, 0.6) is 0 Å². The van der Waals surface area contributed by atoms with Crippen molar-refractivity contribution in [1.82, 2.24) is 10.0 Å². The SMILES string of the molecule is Cc1ccc(C(=O)[C@H](C)N(C(=O)c2ccc([N+](=O)[O-])cc2)N2C(=O)[C@@H]3[C@H](C)C=CC[C@H]3C2=O)cc1. The minimum atomic E-state index is -1.18. The van der Waals surface area contributed by atoms with Crippen LogP contribution in [0.3, 0.4) is 0 Å². The number of Topliss-reactive ketones (excluding diaryl/α,β-unsaturated/α-hetero) is 1. The van der Waals surface area contributed by atoms with Crippen LogP contribution in [-0.2, 0) is 9.59 Å². The van der Waals surface area contributed by atoms with E-state index in [9.17, 15) is 29.3 Å². The van der Waals surface area contributed by atoms with Gasteiger partial charge in [0.05, 0.1) is 16.8 Å². The summed E-state index contributed by atoms with van der Waals surface area (Å²) in [4.78, 5) is 64.3. The first kappa shape index (κ1) is 24.0. The highest BCUT2D eigenvalue weighted by Crippen LogP contribution is 2.40. The summed E-state index contributed by atoms with van der Waals surface area (Å²) in [5, 5.41) is 12.8. The molecule has 0 spiro atoms. The van der Waals surface area contributed by atoms with E-state index in [-0.39, 0.29) is 17.2 Å². The summed E-state index contributed by atoms with van der Waals surface area (Å²) in [6.45, 7) is 5.18. The topological polar surface area (TPSA) is 118 Å². The number of non-ortho nitro benzene ring substituents is 1. The van der Waals surface area contributed by atoms with Crippen molar-refractivity contribution in [3.05, 3.63) is 87.5 Å². The molecule has 9 heteroatoms. The molecule has 1 fully saturated rings. The molecule has 4 atom stereocenters. The number of hydrogen-bond donors (Lipinski definition) is 0. The molecule has 0 bridgehead atoms. The third-order valence-corrected chi connectivity index (χ3v) is 6.68. The van der Waals surface area contributed by atoms with Crippen LogP contribution >= 0.6 is 0 Å². The Bertz CT molecular complexity index is 1230. The molecule has 0 unspecified atom stereocenters. The number of aryl methyl sites for hydroxylation is 1. The molecule has 1 aliphatic carbocycles. The number of ketones is 1. The Kier molecular flexibility index (Phi) is 6.34. The van der Waals surface area contributed by atoms with Crippen molar-refractivity contribution in [1.29, 1.82) is 0 Å². The quantitative estimate of drug-likeness (QED) is 0.207. The van der Waals surface area contributed by atoms with Gasteiger partial charge in [0.1, 0.15) is 6.04 Å². The van der Waals surface area contributed by atoms with Crippen molar-refractivity contribution in [2.75, 3.05) is 0 Å². The van der Waals surface area contributed by atoms with Crippen LogP contribution in [-0.4, -0.2) is 44.5 Å². The summed E-state index contributed by atoms with van der Waals surface area (Å²) in [5.41, 5.74) is 1.08. The van der Waals surface area contributed by atoms with E-state index in [2.05, 4.69) is 0 Å². The molecule has 0 radical (unpaired) electrons. The minimum absolute atomic E-state index is 0.0146. The number of nitro benzene ring substituents is 1. The van der Waals surface area contributed by atoms with Gasteiger partial charge in [0.2, 0.25) is 0 Å². The van der Waals surface area contributed by atoms with E-state index in [4.69, 9.17) is 0 Å². The van der Waals surface area contributed by atoms with Crippen molar-refractivity contribution in [3.8, 4) is 0 Å². The molecule has 2 aliphatic rings. The second-order valence-corrected chi connectivity index (χ2v) is 9.00. The third kappa shape index (κ3) is 4.25. The molecule has 0 aromatic heterocycles. The summed E-state index contributed by atoms with van der Waals surface area (Å²) in [6.07, 6.45) is 4.10. The molecule has 4 rings (SSSR count). The highest BCUT2D eigenvalue weighted by molar-refractivity contribution is 6.10. The van der Waals surface area contributed by atoms with Crippen LogP contribution in [0, 0.1) is 34.8 Å². The Morgan fingerprint density at radius 1 is 1.03 bits per heavy atom. The second-order valence-electron chi connectivity index (χ2n) is 9.00. The number of imide groups is 1. The second kappa shape index (κ2) is 9.25. The van der Waals surface area contributed by atoms with Gasteiger partial charge in [0.25, 0.3) is 23.4 Å². The minimum Gasteiger partial charge on any atom is -0.292 e. The lowest BCUT2D eigenvalue weighted by atomic mass is 9.78. The predicted octanol–water partition coefficient (Wildman–Crippen LogP) is 3.73. The number of allylic oxidation sites excluding steroid dienone is 2. The highest BCUT2D eigenvalue weighted by Gasteiger charge is 2.54. The Hall–Kier alpha value is -4.14. The molecule has 0 N–H and O–H groups in total. The van der Waals surface area contributed by atoms with E-state index in [1.165, 1.54) is 19.1 Å². The zero-order valence-corrected chi connectivity index (χ0v) is 19.6. The summed E-state index contributed by atoms with van der Waals surface area (Å²) in [5.74, 6) is -3.71. The van der Waals surface area contributed by atoms with Crippen molar-refractivity contribution in [2.45, 2.75) is 33.2 Å². The number of rotatable bonds is 6. The highest BCUT2D eigenvalue weighted by atomic mass is 16.6.